The van der Waals surface area contributed by atoms with Crippen LogP contribution in [0.3, 0.4) is 0 Å². The molecule has 2 N–H and O–H groups in total. The summed E-state index contributed by atoms with van der Waals surface area (Å²) in [7, 11) is -3.51. The van der Waals surface area contributed by atoms with Crippen molar-refractivity contribution >= 4 is 19.0 Å². The van der Waals surface area contributed by atoms with Crippen LogP contribution in [-0.4, -0.2) is 28.9 Å². The van der Waals surface area contributed by atoms with E-state index in [2.05, 4.69) is 0 Å². The molecule has 0 saturated carbocycles. The number of hydrogen-bond acceptors (Lipinski definition) is 8. The Labute approximate surface area is 180 Å². The molecule has 31 heavy (non-hydrogen) atoms. The van der Waals surface area contributed by atoms with Crippen LogP contribution in [0.1, 0.15) is 26.7 Å². The third kappa shape index (κ3) is 4.89. The van der Waals surface area contributed by atoms with E-state index in [4.69, 9.17) is 19.7 Å². The van der Waals surface area contributed by atoms with Crippen LogP contribution in [0.4, 0.5) is 5.69 Å². The number of non-ortho nitro benzene ring substituents is 1. The Kier molecular flexibility index (Phi) is 6.67. The zero-order valence-electron chi connectivity index (χ0n) is 17.4. The zero-order chi connectivity index (χ0) is 22.6. The minimum atomic E-state index is -3.51. The topological polar surface area (TPSA) is 131 Å². The molecule has 0 amide bonds. The first-order valence-corrected chi connectivity index (χ1v) is 11.8. The zero-order valence-corrected chi connectivity index (χ0v) is 18.2. The van der Waals surface area contributed by atoms with Crippen LogP contribution in [-0.2, 0) is 14.1 Å². The van der Waals surface area contributed by atoms with Crippen molar-refractivity contribution in [2.45, 2.75) is 32.0 Å². The van der Waals surface area contributed by atoms with E-state index in [1.807, 2.05) is 13.8 Å². The Morgan fingerprint density at radius 2 is 1.77 bits per heavy atom. The molecule has 0 aliphatic carbocycles. The van der Waals surface area contributed by atoms with Gasteiger partial charge in [0, 0.05) is 12.1 Å². The predicted molar refractivity (Wildman–Crippen MR) is 115 cm³/mol. The Morgan fingerprint density at radius 3 is 2.35 bits per heavy atom. The molecule has 3 rings (SSSR count). The van der Waals surface area contributed by atoms with Gasteiger partial charge in [0.15, 0.2) is 11.5 Å². The lowest BCUT2D eigenvalue weighted by atomic mass is 10.1. The highest BCUT2D eigenvalue weighted by molar-refractivity contribution is 7.70. The van der Waals surface area contributed by atoms with Crippen molar-refractivity contribution in [2.75, 3.05) is 12.8 Å². The third-order valence-electron chi connectivity index (χ3n) is 5.28. The molecule has 0 radical (unpaired) electrons. The normalized spacial score (nSPS) is 22.1. The number of nitro benzene ring substituents is 1. The Balaban J connectivity index is 1.70. The number of nitro groups is 1. The molecule has 0 bridgehead atoms. The number of nitrogens with two attached hydrogens (primary N) is 1. The lowest BCUT2D eigenvalue weighted by Gasteiger charge is -2.16. The summed E-state index contributed by atoms with van der Waals surface area (Å²) in [4.78, 5) is 22.7. The van der Waals surface area contributed by atoms with Gasteiger partial charge >= 0.3 is 5.97 Å². The number of esters is 1. The Bertz CT molecular complexity index is 1010. The standard InChI is InChI=1S/C21H25N2O7P/c1-3-15(4-2)13-28-20(24)21(22)14-31(21,27)30-19-8-6-5-7-18(19)29-17-11-9-16(10-12-17)23(25)26/h5-12,15H,3-4,13-14,22H2,1-2H3/t21-,31?/m1/s1. The van der Waals surface area contributed by atoms with Crippen molar-refractivity contribution in [3.8, 4) is 17.2 Å². The van der Waals surface area contributed by atoms with E-state index in [0.717, 1.165) is 12.8 Å². The molecule has 2 atom stereocenters. The summed E-state index contributed by atoms with van der Waals surface area (Å²) in [5.41, 5.74) is 6.00. The Morgan fingerprint density at radius 1 is 1.16 bits per heavy atom. The number of benzene rings is 2. The van der Waals surface area contributed by atoms with Crippen LogP contribution in [0.5, 0.6) is 17.2 Å². The average molecular weight is 448 g/mol. The van der Waals surface area contributed by atoms with Gasteiger partial charge in [-0.15, -0.1) is 0 Å². The van der Waals surface area contributed by atoms with Crippen molar-refractivity contribution in [2.24, 2.45) is 11.7 Å². The molecule has 2 aromatic rings. The lowest BCUT2D eigenvalue weighted by molar-refractivity contribution is -0.384. The van der Waals surface area contributed by atoms with E-state index in [1.165, 1.54) is 24.3 Å². The summed E-state index contributed by atoms with van der Waals surface area (Å²) >= 11 is 0. The monoisotopic (exact) mass is 448 g/mol. The maximum atomic E-state index is 13.1. The highest BCUT2D eigenvalue weighted by Gasteiger charge is 2.72. The summed E-state index contributed by atoms with van der Waals surface area (Å²) < 4.78 is 29.8. The predicted octanol–water partition coefficient (Wildman–Crippen LogP) is 4.69. The summed E-state index contributed by atoms with van der Waals surface area (Å²) in [5.74, 6) is 0.230. The maximum Gasteiger partial charge on any atom is 0.338 e. The quantitative estimate of drug-likeness (QED) is 0.240. The molecule has 1 unspecified atom stereocenters. The van der Waals surface area contributed by atoms with E-state index >= 15 is 0 Å². The van der Waals surface area contributed by atoms with Crippen molar-refractivity contribution < 1.29 is 28.3 Å². The van der Waals surface area contributed by atoms with Crippen molar-refractivity contribution in [1.29, 1.82) is 0 Å². The Hall–Kier alpha value is -2.90. The van der Waals surface area contributed by atoms with Gasteiger partial charge in [0.05, 0.1) is 17.7 Å². The second-order valence-electron chi connectivity index (χ2n) is 7.43. The minimum Gasteiger partial charge on any atom is -0.464 e. The molecule has 1 fully saturated rings. The first kappa shape index (κ1) is 22.8. The number of nitrogens with zero attached hydrogens (tertiary/aromatic N) is 1. The number of carbonyl (C=O) groups excluding carboxylic acids is 1. The number of para-hydroxylation sites is 2. The van der Waals surface area contributed by atoms with E-state index < -0.39 is 23.5 Å². The van der Waals surface area contributed by atoms with Crippen LogP contribution >= 0.6 is 7.37 Å². The molecule has 0 aromatic heterocycles. The lowest BCUT2D eigenvalue weighted by Crippen LogP contribution is -2.37. The van der Waals surface area contributed by atoms with Gasteiger partial charge in [-0.3, -0.25) is 14.7 Å². The van der Waals surface area contributed by atoms with Gasteiger partial charge < -0.3 is 19.7 Å². The summed E-state index contributed by atoms with van der Waals surface area (Å²) in [5, 5.41) is 9.12. The van der Waals surface area contributed by atoms with Gasteiger partial charge in [-0.25, -0.2) is 4.79 Å². The number of carbonyl (C=O) groups is 1. The number of rotatable bonds is 10. The van der Waals surface area contributed by atoms with Gasteiger partial charge in [-0.1, -0.05) is 38.8 Å². The second kappa shape index (κ2) is 9.08. The van der Waals surface area contributed by atoms with Gasteiger partial charge in [-0.05, 0) is 30.2 Å². The molecular formula is C21H25N2O7P. The first-order chi connectivity index (χ1) is 14.7. The molecule has 1 aliphatic heterocycles. The fraction of sp³-hybridized carbons (Fsp3) is 0.381. The molecule has 0 spiro atoms. The van der Waals surface area contributed by atoms with Crippen LogP contribution in [0, 0.1) is 16.0 Å². The second-order valence-corrected chi connectivity index (χ2v) is 10.1. The average Bonchev–Trinajstić information content (AvgIpc) is 3.32. The molecular weight excluding hydrogens is 423 g/mol. The minimum absolute atomic E-state index is 0.0703. The van der Waals surface area contributed by atoms with Crippen molar-refractivity contribution in [1.82, 2.24) is 0 Å². The highest BCUT2D eigenvalue weighted by Crippen LogP contribution is 2.73. The number of hydrogen-bond donors (Lipinski definition) is 1. The largest absolute Gasteiger partial charge is 0.464 e. The molecule has 10 heteroatoms. The van der Waals surface area contributed by atoms with Gasteiger partial charge in [0.1, 0.15) is 5.75 Å². The van der Waals surface area contributed by atoms with Crippen molar-refractivity contribution in [3.05, 3.63) is 58.6 Å². The third-order valence-corrected chi connectivity index (χ3v) is 7.86. The molecule has 1 aliphatic rings. The van der Waals surface area contributed by atoms with Crippen molar-refractivity contribution in [3.63, 3.8) is 0 Å². The van der Waals surface area contributed by atoms with E-state index in [0.29, 0.717) is 5.75 Å². The van der Waals surface area contributed by atoms with E-state index in [9.17, 15) is 19.5 Å². The summed E-state index contributed by atoms with van der Waals surface area (Å²) in [6.45, 7) is 4.24. The van der Waals surface area contributed by atoms with E-state index in [1.54, 1.807) is 24.3 Å². The van der Waals surface area contributed by atoms with Gasteiger partial charge in [0.25, 0.3) is 13.1 Å². The maximum absolute atomic E-state index is 13.1. The molecule has 9 nitrogen and oxygen atoms in total. The first-order valence-electron chi connectivity index (χ1n) is 9.98. The van der Waals surface area contributed by atoms with Gasteiger partial charge in [-0.2, -0.15) is 0 Å². The van der Waals surface area contributed by atoms with Crippen LogP contribution < -0.4 is 15.0 Å². The number of ether oxygens (including phenoxy) is 2. The van der Waals surface area contributed by atoms with Crippen LogP contribution in [0.2, 0.25) is 0 Å². The molecule has 166 valence electrons. The smallest absolute Gasteiger partial charge is 0.338 e. The molecule has 1 saturated heterocycles. The molecule has 1 heterocycles. The highest BCUT2D eigenvalue weighted by atomic mass is 31.2. The molecule has 2 aromatic carbocycles. The van der Waals surface area contributed by atoms with Gasteiger partial charge in [0.2, 0.25) is 5.28 Å². The SMILES string of the molecule is CCC(CC)COC(=O)[C@@]1(N)CP1(=O)Oc1ccccc1Oc1ccc([N+](=O)[O-])cc1. The fourth-order valence-corrected chi connectivity index (χ4v) is 5.05. The summed E-state index contributed by atoms with van der Waals surface area (Å²) in [6.07, 6.45) is 1.61. The fourth-order valence-electron chi connectivity index (χ4n) is 2.97. The summed E-state index contributed by atoms with van der Waals surface area (Å²) in [6, 6.07) is 12.0. The van der Waals surface area contributed by atoms with Crippen LogP contribution in [0.15, 0.2) is 48.5 Å². The van der Waals surface area contributed by atoms with E-state index in [-0.39, 0.29) is 35.9 Å². The van der Waals surface area contributed by atoms with Crippen LogP contribution in [0.25, 0.3) is 0 Å².